The highest BCUT2D eigenvalue weighted by atomic mass is 32.2. The maximum Gasteiger partial charge on any atom is 0.175 e. The van der Waals surface area contributed by atoms with Gasteiger partial charge in [0.15, 0.2) is 15.7 Å². The Hall–Kier alpha value is -2.94. The number of nitrogens with zero attached hydrogens (tertiary/aromatic N) is 4. The van der Waals surface area contributed by atoms with Crippen molar-refractivity contribution in [1.82, 2.24) is 25.0 Å². The normalized spacial score (nSPS) is 13.5. The average molecular weight is 398 g/mol. The summed E-state index contributed by atoms with van der Waals surface area (Å²) >= 11 is 0. The lowest BCUT2D eigenvalue weighted by molar-refractivity contribution is 0.375. The molecule has 0 bridgehead atoms. The maximum atomic E-state index is 11.9. The summed E-state index contributed by atoms with van der Waals surface area (Å²) in [6, 6.07) is 5.21. The third kappa shape index (κ3) is 3.22. The van der Waals surface area contributed by atoms with Crippen LogP contribution in [0.3, 0.4) is 0 Å². The first-order valence-electron chi connectivity index (χ1n) is 9.02. The lowest BCUT2D eigenvalue weighted by atomic mass is 10.1. The van der Waals surface area contributed by atoms with Gasteiger partial charge in [0.05, 0.1) is 28.3 Å². The van der Waals surface area contributed by atoms with Crippen LogP contribution in [0.1, 0.15) is 26.8 Å². The van der Waals surface area contributed by atoms with Gasteiger partial charge in [-0.1, -0.05) is 13.8 Å². The van der Waals surface area contributed by atoms with Crippen molar-refractivity contribution in [3.8, 4) is 0 Å². The summed E-state index contributed by atoms with van der Waals surface area (Å²) in [7, 11) is -3.30. The molecular formula is C19H22N6O2S. The van der Waals surface area contributed by atoms with E-state index in [-0.39, 0.29) is 10.9 Å². The number of pyridine rings is 1. The van der Waals surface area contributed by atoms with Crippen LogP contribution in [0.4, 0.5) is 11.5 Å². The molecule has 0 radical (unpaired) electrons. The van der Waals surface area contributed by atoms with E-state index in [1.807, 2.05) is 10.9 Å². The van der Waals surface area contributed by atoms with Gasteiger partial charge in [-0.15, -0.1) is 0 Å². The molecule has 9 heteroatoms. The third-order valence-corrected chi connectivity index (χ3v) is 6.14. The molecule has 0 aliphatic rings. The second-order valence-electron chi connectivity index (χ2n) is 7.38. The maximum absolute atomic E-state index is 11.9. The zero-order chi connectivity index (χ0) is 20.1. The summed E-state index contributed by atoms with van der Waals surface area (Å²) in [6.45, 7) is 6.44. The van der Waals surface area contributed by atoms with Crippen LogP contribution >= 0.6 is 0 Å². The monoisotopic (exact) mass is 398 g/mol. The largest absolute Gasteiger partial charge is 0.336 e. The van der Waals surface area contributed by atoms with Crippen molar-refractivity contribution in [2.24, 2.45) is 5.92 Å². The summed E-state index contributed by atoms with van der Waals surface area (Å²) < 4.78 is 25.7. The minimum atomic E-state index is -3.30. The highest BCUT2D eigenvalue weighted by Gasteiger charge is 2.16. The molecule has 0 amide bonds. The smallest absolute Gasteiger partial charge is 0.175 e. The van der Waals surface area contributed by atoms with Gasteiger partial charge in [0.2, 0.25) is 0 Å². The Kier molecular flexibility index (Phi) is 4.34. The fraction of sp³-hybridized carbons (Fsp3) is 0.316. The van der Waals surface area contributed by atoms with Crippen molar-refractivity contribution >= 4 is 43.1 Å². The zero-order valence-electron chi connectivity index (χ0n) is 16.1. The van der Waals surface area contributed by atoms with Crippen LogP contribution in [0.2, 0.25) is 0 Å². The van der Waals surface area contributed by atoms with E-state index in [2.05, 4.69) is 46.4 Å². The summed E-state index contributed by atoms with van der Waals surface area (Å²) in [5.41, 5.74) is 2.14. The van der Waals surface area contributed by atoms with Crippen molar-refractivity contribution < 1.29 is 8.42 Å². The number of sulfone groups is 1. The van der Waals surface area contributed by atoms with Gasteiger partial charge in [-0.25, -0.2) is 13.4 Å². The van der Waals surface area contributed by atoms with Gasteiger partial charge in [0.25, 0.3) is 0 Å². The highest BCUT2D eigenvalue weighted by molar-refractivity contribution is 7.90. The number of nitrogens with one attached hydrogen (secondary N) is 2. The van der Waals surface area contributed by atoms with Crippen LogP contribution < -0.4 is 5.32 Å². The molecule has 8 nitrogen and oxygen atoms in total. The van der Waals surface area contributed by atoms with Gasteiger partial charge in [-0.3, -0.25) is 9.78 Å². The molecule has 1 unspecified atom stereocenters. The van der Waals surface area contributed by atoms with Crippen LogP contribution in [0.5, 0.6) is 0 Å². The number of hydrogen-bond donors (Lipinski definition) is 2. The molecule has 3 heterocycles. The van der Waals surface area contributed by atoms with Crippen molar-refractivity contribution in [1.29, 1.82) is 0 Å². The number of rotatable bonds is 5. The molecule has 1 aromatic carbocycles. The van der Waals surface area contributed by atoms with E-state index >= 15 is 0 Å². The van der Waals surface area contributed by atoms with Gasteiger partial charge in [0.1, 0.15) is 5.52 Å². The Morgan fingerprint density at radius 3 is 2.68 bits per heavy atom. The second kappa shape index (κ2) is 6.59. The number of benzene rings is 1. The SMILES string of the molecule is CC(C)C(C)n1cc(Nc2nc3ccc(S(C)(=O)=O)cc3c3c[nH]nc23)cn1. The Morgan fingerprint density at radius 1 is 1.18 bits per heavy atom. The van der Waals surface area contributed by atoms with Gasteiger partial charge >= 0.3 is 0 Å². The van der Waals surface area contributed by atoms with Crippen LogP contribution in [0.25, 0.3) is 21.8 Å². The zero-order valence-corrected chi connectivity index (χ0v) is 16.9. The molecule has 0 fully saturated rings. The Balaban J connectivity index is 1.79. The number of H-pyrrole nitrogens is 1. The number of aromatic amines is 1. The van der Waals surface area contributed by atoms with Crippen LogP contribution in [0, 0.1) is 5.92 Å². The summed E-state index contributed by atoms with van der Waals surface area (Å²) in [5.74, 6) is 1.06. The Labute approximate surface area is 162 Å². The first-order valence-corrected chi connectivity index (χ1v) is 10.9. The summed E-state index contributed by atoms with van der Waals surface area (Å²) in [4.78, 5) is 4.92. The molecule has 2 N–H and O–H groups in total. The fourth-order valence-electron chi connectivity index (χ4n) is 3.06. The van der Waals surface area contributed by atoms with Crippen LogP contribution in [0.15, 0.2) is 41.7 Å². The van der Waals surface area contributed by atoms with Gasteiger partial charge < -0.3 is 5.32 Å². The molecule has 4 rings (SSSR count). The first-order chi connectivity index (χ1) is 13.2. The van der Waals surface area contributed by atoms with Gasteiger partial charge in [0, 0.05) is 29.4 Å². The predicted octanol–water partition coefficient (Wildman–Crippen LogP) is 3.67. The fourth-order valence-corrected chi connectivity index (χ4v) is 3.71. The molecule has 1 atom stereocenters. The summed E-state index contributed by atoms with van der Waals surface area (Å²) in [6.07, 6.45) is 6.65. The quantitative estimate of drug-likeness (QED) is 0.531. The van der Waals surface area contributed by atoms with Crippen molar-refractivity contribution in [2.45, 2.75) is 31.7 Å². The lowest BCUT2D eigenvalue weighted by Gasteiger charge is -2.15. The minimum absolute atomic E-state index is 0.258. The van der Waals surface area contributed by atoms with E-state index in [0.29, 0.717) is 22.8 Å². The van der Waals surface area contributed by atoms with Gasteiger partial charge in [-0.05, 0) is 31.0 Å². The Bertz CT molecular complexity index is 1270. The molecular weight excluding hydrogens is 376 g/mol. The predicted molar refractivity (Wildman–Crippen MR) is 110 cm³/mol. The van der Waals surface area contributed by atoms with Crippen LogP contribution in [-0.4, -0.2) is 39.6 Å². The van der Waals surface area contributed by atoms with Crippen molar-refractivity contribution in [2.75, 3.05) is 11.6 Å². The number of hydrogen-bond acceptors (Lipinski definition) is 6. The highest BCUT2D eigenvalue weighted by Crippen LogP contribution is 2.31. The molecule has 146 valence electrons. The number of fused-ring (bicyclic) bond motifs is 3. The molecule has 0 spiro atoms. The molecule has 0 saturated carbocycles. The third-order valence-electron chi connectivity index (χ3n) is 5.03. The number of aromatic nitrogens is 5. The summed E-state index contributed by atoms with van der Waals surface area (Å²) in [5, 5.41) is 16.4. The van der Waals surface area contributed by atoms with E-state index in [0.717, 1.165) is 16.5 Å². The van der Waals surface area contributed by atoms with E-state index in [1.165, 1.54) is 6.26 Å². The first kappa shape index (κ1) is 18.4. The van der Waals surface area contributed by atoms with Crippen molar-refractivity contribution in [3.05, 3.63) is 36.8 Å². The number of anilines is 2. The Morgan fingerprint density at radius 2 is 1.96 bits per heavy atom. The van der Waals surface area contributed by atoms with Gasteiger partial charge in [-0.2, -0.15) is 10.2 Å². The second-order valence-corrected chi connectivity index (χ2v) is 9.39. The lowest BCUT2D eigenvalue weighted by Crippen LogP contribution is -2.11. The molecule has 0 saturated heterocycles. The molecule has 0 aliphatic carbocycles. The van der Waals surface area contributed by atoms with E-state index in [1.54, 1.807) is 30.6 Å². The average Bonchev–Trinajstić information content (AvgIpc) is 3.29. The topological polar surface area (TPSA) is 106 Å². The van der Waals surface area contributed by atoms with E-state index in [4.69, 9.17) is 0 Å². The van der Waals surface area contributed by atoms with Crippen molar-refractivity contribution in [3.63, 3.8) is 0 Å². The molecule has 0 aliphatic heterocycles. The molecule has 3 aromatic heterocycles. The van der Waals surface area contributed by atoms with E-state index < -0.39 is 9.84 Å². The molecule has 4 aromatic rings. The van der Waals surface area contributed by atoms with Crippen LogP contribution in [-0.2, 0) is 9.84 Å². The van der Waals surface area contributed by atoms with E-state index in [9.17, 15) is 8.42 Å². The minimum Gasteiger partial charge on any atom is -0.336 e. The standard InChI is InChI=1S/C19H22N6O2S/c1-11(2)12(3)25-10-13(8-21-25)22-19-18-16(9-20-24-18)15-7-14(28(4,26)27)5-6-17(15)23-19/h5-12H,1-4H3,(H,20,24)(H,22,23). The molecule has 28 heavy (non-hydrogen) atoms.